The Hall–Kier alpha value is -4.18. The summed E-state index contributed by atoms with van der Waals surface area (Å²) in [4.78, 5) is 31.2. The van der Waals surface area contributed by atoms with Crippen LogP contribution in [-0.4, -0.2) is 89.2 Å². The highest BCUT2D eigenvalue weighted by molar-refractivity contribution is 5.93. The molecule has 3 heterocycles. The Balaban J connectivity index is 0.000000207. The average Bonchev–Trinajstić information content (AvgIpc) is 3.73. The number of rotatable bonds is 8. The molecule has 1 aliphatic heterocycles. The van der Waals surface area contributed by atoms with Crippen LogP contribution in [0, 0.1) is 0 Å². The van der Waals surface area contributed by atoms with Crippen LogP contribution in [0.5, 0.6) is 11.5 Å². The molecule has 2 aromatic carbocycles. The number of carbonyl (C=O) groups is 2. The van der Waals surface area contributed by atoms with Gasteiger partial charge < -0.3 is 28.8 Å². The number of nitrogens with zero attached hydrogens (tertiary/aromatic N) is 3. The number of aromatic nitrogens is 2. The number of benzene rings is 2. The van der Waals surface area contributed by atoms with Gasteiger partial charge in [-0.05, 0) is 97.8 Å². The first-order valence-electron chi connectivity index (χ1n) is 15.6. The van der Waals surface area contributed by atoms with E-state index in [2.05, 4.69) is 9.88 Å². The van der Waals surface area contributed by atoms with Crippen molar-refractivity contribution in [3.8, 4) is 11.5 Å². The van der Waals surface area contributed by atoms with Crippen molar-refractivity contribution in [1.82, 2.24) is 19.4 Å². The third-order valence-electron chi connectivity index (χ3n) is 7.09. The molecule has 2 aromatic heterocycles. The molecule has 10 heteroatoms. The Morgan fingerprint density at radius 3 is 2.22 bits per heavy atom. The smallest absolute Gasteiger partial charge is 0.418 e. The molecule has 1 aliphatic rings. The number of para-hydroxylation sites is 1. The van der Waals surface area contributed by atoms with Crippen LogP contribution < -0.4 is 9.47 Å². The minimum atomic E-state index is -0.516. The lowest BCUT2D eigenvalue weighted by molar-refractivity contribution is 0.0278. The van der Waals surface area contributed by atoms with Gasteiger partial charge in [0.1, 0.15) is 35.9 Å². The first-order chi connectivity index (χ1) is 21.3. The van der Waals surface area contributed by atoms with E-state index in [0.29, 0.717) is 19.8 Å². The fourth-order valence-electron chi connectivity index (χ4n) is 4.93. The van der Waals surface area contributed by atoms with Crippen LogP contribution in [-0.2, 0) is 9.47 Å². The number of fused-ring (bicyclic) bond motifs is 2. The molecule has 0 spiro atoms. The Morgan fingerprint density at radius 2 is 1.51 bits per heavy atom. The van der Waals surface area contributed by atoms with E-state index < -0.39 is 11.2 Å². The second kappa shape index (κ2) is 14.7. The SMILES string of the molecule is CC(C)(C)OC(=O)n1ccc2c(OCCN3CCCC3)cccc21.CN(CCOc1cccc2cc[nH]c12)C(=O)OC(C)(C)C. The van der Waals surface area contributed by atoms with Gasteiger partial charge in [0.25, 0.3) is 0 Å². The normalized spacial score (nSPS) is 13.8. The molecule has 0 aliphatic carbocycles. The van der Waals surface area contributed by atoms with E-state index in [1.807, 2.05) is 96.3 Å². The molecule has 1 saturated heterocycles. The molecule has 0 unspecified atom stereocenters. The fourth-order valence-corrected chi connectivity index (χ4v) is 4.93. The number of nitrogens with one attached hydrogen (secondary N) is 1. The van der Waals surface area contributed by atoms with E-state index in [4.69, 9.17) is 18.9 Å². The van der Waals surface area contributed by atoms with Crippen molar-refractivity contribution in [3.63, 3.8) is 0 Å². The summed E-state index contributed by atoms with van der Waals surface area (Å²) in [7, 11) is 1.70. The van der Waals surface area contributed by atoms with Crippen LogP contribution in [0.2, 0.25) is 0 Å². The van der Waals surface area contributed by atoms with E-state index in [0.717, 1.165) is 39.8 Å². The van der Waals surface area contributed by atoms with Gasteiger partial charge in [0.05, 0.1) is 17.6 Å². The average molecular weight is 621 g/mol. The maximum atomic E-state index is 12.3. The van der Waals surface area contributed by atoms with Crippen molar-refractivity contribution in [3.05, 3.63) is 60.9 Å². The van der Waals surface area contributed by atoms with Gasteiger partial charge >= 0.3 is 12.2 Å². The van der Waals surface area contributed by atoms with Gasteiger partial charge in [-0.25, -0.2) is 9.59 Å². The number of aromatic amines is 1. The molecule has 1 amide bonds. The van der Waals surface area contributed by atoms with Crippen LogP contribution in [0.15, 0.2) is 60.9 Å². The van der Waals surface area contributed by atoms with E-state index >= 15 is 0 Å². The van der Waals surface area contributed by atoms with E-state index in [9.17, 15) is 9.59 Å². The minimum Gasteiger partial charge on any atom is -0.492 e. The third-order valence-corrected chi connectivity index (χ3v) is 7.09. The molecular formula is C35H48N4O6. The molecule has 5 rings (SSSR count). The minimum absolute atomic E-state index is 0.343. The zero-order valence-corrected chi connectivity index (χ0v) is 27.7. The number of H-pyrrole nitrogens is 1. The van der Waals surface area contributed by atoms with Crippen molar-refractivity contribution >= 4 is 34.0 Å². The largest absolute Gasteiger partial charge is 0.492 e. The van der Waals surface area contributed by atoms with E-state index in [-0.39, 0.29) is 12.2 Å². The lowest BCUT2D eigenvalue weighted by Gasteiger charge is -2.24. The molecule has 4 aromatic rings. The van der Waals surface area contributed by atoms with Gasteiger partial charge in [-0.2, -0.15) is 0 Å². The number of ether oxygens (including phenoxy) is 4. The second-order valence-electron chi connectivity index (χ2n) is 13.2. The van der Waals surface area contributed by atoms with Gasteiger partial charge in [0.15, 0.2) is 0 Å². The van der Waals surface area contributed by atoms with Gasteiger partial charge in [-0.1, -0.05) is 18.2 Å². The molecule has 1 N–H and O–H groups in total. The molecule has 0 bridgehead atoms. The van der Waals surface area contributed by atoms with Crippen LogP contribution in [0.1, 0.15) is 54.4 Å². The van der Waals surface area contributed by atoms with E-state index in [1.165, 1.54) is 35.4 Å². The first-order valence-corrected chi connectivity index (χ1v) is 15.6. The lowest BCUT2D eigenvalue weighted by atomic mass is 10.2. The second-order valence-corrected chi connectivity index (χ2v) is 13.2. The maximum absolute atomic E-state index is 12.3. The Bertz CT molecular complexity index is 1560. The fraction of sp³-hybridized carbons (Fsp3) is 0.486. The zero-order valence-electron chi connectivity index (χ0n) is 27.7. The summed E-state index contributed by atoms with van der Waals surface area (Å²) in [5.41, 5.74) is 0.778. The molecule has 45 heavy (non-hydrogen) atoms. The highest BCUT2D eigenvalue weighted by atomic mass is 16.6. The van der Waals surface area contributed by atoms with Crippen molar-refractivity contribution in [1.29, 1.82) is 0 Å². The highest BCUT2D eigenvalue weighted by Crippen LogP contribution is 2.28. The molecule has 0 radical (unpaired) electrons. The summed E-state index contributed by atoms with van der Waals surface area (Å²) in [6, 6.07) is 15.5. The third kappa shape index (κ3) is 9.91. The molecule has 1 fully saturated rings. The van der Waals surface area contributed by atoms with Crippen molar-refractivity contribution < 1.29 is 28.5 Å². The molecule has 244 valence electrons. The summed E-state index contributed by atoms with van der Waals surface area (Å²) in [6.07, 6.45) is 5.48. The number of amides is 1. The topological polar surface area (TPSA) is 98.3 Å². The first kappa shape index (κ1) is 33.7. The number of hydrogen-bond donors (Lipinski definition) is 1. The van der Waals surface area contributed by atoms with Gasteiger partial charge in [-0.3, -0.25) is 9.47 Å². The number of carbonyl (C=O) groups excluding carboxylic acids is 2. The summed E-state index contributed by atoms with van der Waals surface area (Å²) in [6.45, 7) is 16.0. The van der Waals surface area contributed by atoms with Gasteiger partial charge in [0, 0.05) is 36.8 Å². The van der Waals surface area contributed by atoms with Gasteiger partial charge in [0.2, 0.25) is 0 Å². The predicted octanol–water partition coefficient (Wildman–Crippen LogP) is 7.31. The zero-order chi connectivity index (χ0) is 32.6. The number of hydrogen-bond acceptors (Lipinski definition) is 7. The molecule has 0 saturated carbocycles. The summed E-state index contributed by atoms with van der Waals surface area (Å²) < 4.78 is 24.0. The standard InChI is InChI=1S/C19H26N2O3.C16H22N2O3/c1-19(2,3)24-18(22)21-12-9-15-16(21)7-6-8-17(15)23-14-13-20-10-4-5-11-20;1-16(2,3)21-15(19)18(4)10-11-20-13-7-5-6-12-8-9-17-14(12)13/h6-9,12H,4-5,10-11,13-14H2,1-3H3;5-9,17H,10-11H2,1-4H3. The van der Waals surface area contributed by atoms with Crippen LogP contribution in [0.3, 0.4) is 0 Å². The van der Waals surface area contributed by atoms with Crippen molar-refractivity contribution in [2.24, 2.45) is 0 Å². The molecule has 0 atom stereocenters. The van der Waals surface area contributed by atoms with Gasteiger partial charge in [-0.15, -0.1) is 0 Å². The quantitative estimate of drug-likeness (QED) is 0.221. The monoisotopic (exact) mass is 620 g/mol. The Kier molecular flexibility index (Phi) is 11.0. The van der Waals surface area contributed by atoms with E-state index in [1.54, 1.807) is 13.2 Å². The number of likely N-dealkylation sites (N-methyl/N-ethyl adjacent to an activating group) is 1. The highest BCUT2D eigenvalue weighted by Gasteiger charge is 2.21. The predicted molar refractivity (Wildman–Crippen MR) is 177 cm³/mol. The van der Waals surface area contributed by atoms with Crippen LogP contribution in [0.25, 0.3) is 21.8 Å². The Labute approximate surface area is 266 Å². The van der Waals surface area contributed by atoms with Crippen LogP contribution >= 0.6 is 0 Å². The van der Waals surface area contributed by atoms with Crippen molar-refractivity contribution in [2.75, 3.05) is 46.4 Å². The lowest BCUT2D eigenvalue weighted by Crippen LogP contribution is -2.36. The molecule has 10 nitrogen and oxygen atoms in total. The summed E-state index contributed by atoms with van der Waals surface area (Å²) >= 11 is 0. The summed E-state index contributed by atoms with van der Waals surface area (Å²) in [5, 5.41) is 2.04. The Morgan fingerprint density at radius 1 is 0.844 bits per heavy atom. The maximum Gasteiger partial charge on any atom is 0.418 e. The van der Waals surface area contributed by atoms with Crippen molar-refractivity contribution in [2.45, 2.75) is 65.6 Å². The molecular weight excluding hydrogens is 572 g/mol. The number of likely N-dealkylation sites (tertiary alicyclic amines) is 1. The van der Waals surface area contributed by atoms with Crippen LogP contribution in [0.4, 0.5) is 9.59 Å². The summed E-state index contributed by atoms with van der Waals surface area (Å²) in [5.74, 6) is 1.60.